The van der Waals surface area contributed by atoms with Gasteiger partial charge in [-0.15, -0.1) is 0 Å². The number of pyridine rings is 1. The van der Waals surface area contributed by atoms with Crippen LogP contribution in [0.1, 0.15) is 26.5 Å². The van der Waals surface area contributed by atoms with Gasteiger partial charge in [-0.1, -0.05) is 6.07 Å². The monoisotopic (exact) mass is 317 g/mol. The van der Waals surface area contributed by atoms with E-state index in [1.54, 1.807) is 41.9 Å². The minimum atomic E-state index is -0.943. The van der Waals surface area contributed by atoms with E-state index in [4.69, 9.17) is 0 Å². The second kappa shape index (κ2) is 7.23. The van der Waals surface area contributed by atoms with Crippen LogP contribution in [-0.2, 0) is 6.54 Å². The SMILES string of the molecule is CCN(CC(C)(C)O)C(=O)Nc1ccnn1Cc1ccccn1. The Morgan fingerprint density at radius 3 is 2.74 bits per heavy atom. The maximum Gasteiger partial charge on any atom is 0.323 e. The van der Waals surface area contributed by atoms with Crippen molar-refractivity contribution in [2.45, 2.75) is 32.9 Å². The summed E-state index contributed by atoms with van der Waals surface area (Å²) in [5, 5.41) is 16.9. The Labute approximate surface area is 136 Å². The molecule has 0 fully saturated rings. The van der Waals surface area contributed by atoms with Gasteiger partial charge in [0.25, 0.3) is 0 Å². The number of urea groups is 1. The molecular weight excluding hydrogens is 294 g/mol. The Morgan fingerprint density at radius 2 is 2.13 bits per heavy atom. The van der Waals surface area contributed by atoms with Gasteiger partial charge in [0.15, 0.2) is 0 Å². The zero-order valence-electron chi connectivity index (χ0n) is 13.7. The van der Waals surface area contributed by atoms with Gasteiger partial charge >= 0.3 is 6.03 Å². The van der Waals surface area contributed by atoms with Crippen molar-refractivity contribution in [3.05, 3.63) is 42.4 Å². The lowest BCUT2D eigenvalue weighted by molar-refractivity contribution is 0.0501. The van der Waals surface area contributed by atoms with Crippen LogP contribution >= 0.6 is 0 Å². The van der Waals surface area contributed by atoms with E-state index in [2.05, 4.69) is 15.4 Å². The predicted molar refractivity (Wildman–Crippen MR) is 88.1 cm³/mol. The molecule has 7 nitrogen and oxygen atoms in total. The van der Waals surface area contributed by atoms with E-state index < -0.39 is 5.60 Å². The van der Waals surface area contributed by atoms with Crippen molar-refractivity contribution in [2.24, 2.45) is 0 Å². The van der Waals surface area contributed by atoms with E-state index in [0.29, 0.717) is 18.9 Å². The van der Waals surface area contributed by atoms with Crippen LogP contribution in [0.25, 0.3) is 0 Å². The lowest BCUT2D eigenvalue weighted by Crippen LogP contribution is -2.44. The summed E-state index contributed by atoms with van der Waals surface area (Å²) in [5.41, 5.74) is -0.0859. The van der Waals surface area contributed by atoms with Crippen molar-refractivity contribution < 1.29 is 9.90 Å². The average Bonchev–Trinajstić information content (AvgIpc) is 2.92. The molecule has 0 aliphatic heterocycles. The van der Waals surface area contributed by atoms with Gasteiger partial charge < -0.3 is 10.0 Å². The molecule has 0 aromatic carbocycles. The van der Waals surface area contributed by atoms with E-state index in [0.717, 1.165) is 5.69 Å². The molecule has 0 radical (unpaired) electrons. The van der Waals surface area contributed by atoms with Crippen LogP contribution in [0.5, 0.6) is 0 Å². The molecule has 0 saturated heterocycles. The topological polar surface area (TPSA) is 83.3 Å². The van der Waals surface area contributed by atoms with Crippen LogP contribution in [0, 0.1) is 0 Å². The number of anilines is 1. The van der Waals surface area contributed by atoms with Crippen molar-refractivity contribution >= 4 is 11.8 Å². The summed E-state index contributed by atoms with van der Waals surface area (Å²) in [6.07, 6.45) is 3.35. The molecule has 2 aromatic rings. The van der Waals surface area contributed by atoms with Crippen LogP contribution in [0.15, 0.2) is 36.7 Å². The lowest BCUT2D eigenvalue weighted by Gasteiger charge is -2.28. The smallest absolute Gasteiger partial charge is 0.323 e. The van der Waals surface area contributed by atoms with Gasteiger partial charge in [-0.3, -0.25) is 10.3 Å². The lowest BCUT2D eigenvalue weighted by atomic mass is 10.1. The first-order valence-corrected chi connectivity index (χ1v) is 7.59. The molecule has 0 unspecified atom stereocenters. The largest absolute Gasteiger partial charge is 0.389 e. The summed E-state index contributed by atoms with van der Waals surface area (Å²) in [5.74, 6) is 0.592. The van der Waals surface area contributed by atoms with Crippen LogP contribution < -0.4 is 5.32 Å². The highest BCUT2D eigenvalue weighted by Crippen LogP contribution is 2.11. The average molecular weight is 317 g/mol. The summed E-state index contributed by atoms with van der Waals surface area (Å²) < 4.78 is 1.68. The number of amides is 2. The standard InChI is InChI=1S/C16H23N5O2/c1-4-20(12-16(2,3)23)15(22)19-14-8-10-18-21(14)11-13-7-5-6-9-17-13/h5-10,23H,4,11-12H2,1-3H3,(H,19,22). The first-order chi connectivity index (χ1) is 10.9. The third-order valence-corrected chi connectivity index (χ3v) is 3.24. The second-order valence-electron chi connectivity index (χ2n) is 5.95. The molecule has 0 saturated carbocycles. The zero-order chi connectivity index (χ0) is 16.9. The van der Waals surface area contributed by atoms with Crippen LogP contribution in [-0.4, -0.2) is 49.5 Å². The molecule has 7 heteroatoms. The quantitative estimate of drug-likeness (QED) is 0.853. The maximum absolute atomic E-state index is 12.4. The molecule has 0 spiro atoms. The van der Waals surface area contributed by atoms with Gasteiger partial charge in [-0.25, -0.2) is 9.48 Å². The highest BCUT2D eigenvalue weighted by Gasteiger charge is 2.22. The number of aliphatic hydroxyl groups is 1. The molecule has 0 atom stereocenters. The van der Waals surface area contributed by atoms with E-state index in [-0.39, 0.29) is 12.6 Å². The number of likely N-dealkylation sites (N-methyl/N-ethyl adjacent to an activating group) is 1. The fraction of sp³-hybridized carbons (Fsp3) is 0.438. The number of nitrogens with zero attached hydrogens (tertiary/aromatic N) is 4. The normalized spacial score (nSPS) is 11.3. The number of hydrogen-bond donors (Lipinski definition) is 2. The number of carbonyl (C=O) groups excluding carboxylic acids is 1. The zero-order valence-corrected chi connectivity index (χ0v) is 13.7. The number of nitrogens with one attached hydrogen (secondary N) is 1. The molecule has 2 rings (SSSR count). The molecule has 0 bridgehead atoms. The van der Waals surface area contributed by atoms with Crippen LogP contribution in [0.3, 0.4) is 0 Å². The fourth-order valence-corrected chi connectivity index (χ4v) is 2.19. The third kappa shape index (κ3) is 5.07. The van der Waals surface area contributed by atoms with Gasteiger partial charge in [0.1, 0.15) is 5.82 Å². The first kappa shape index (κ1) is 17.0. The Kier molecular flexibility index (Phi) is 5.33. The molecule has 2 N–H and O–H groups in total. The van der Waals surface area contributed by atoms with Crippen molar-refractivity contribution in [3.63, 3.8) is 0 Å². The Hall–Kier alpha value is -2.41. The predicted octanol–water partition coefficient (Wildman–Crippen LogP) is 1.95. The van der Waals surface area contributed by atoms with Crippen molar-refractivity contribution in [3.8, 4) is 0 Å². The Morgan fingerprint density at radius 1 is 1.35 bits per heavy atom. The fourth-order valence-electron chi connectivity index (χ4n) is 2.19. The molecule has 23 heavy (non-hydrogen) atoms. The molecule has 124 valence electrons. The van der Waals surface area contributed by atoms with E-state index in [9.17, 15) is 9.90 Å². The number of hydrogen-bond acceptors (Lipinski definition) is 4. The maximum atomic E-state index is 12.4. The number of aromatic nitrogens is 3. The van der Waals surface area contributed by atoms with Crippen molar-refractivity contribution in [1.82, 2.24) is 19.7 Å². The Bertz CT molecular complexity index is 633. The third-order valence-electron chi connectivity index (χ3n) is 3.24. The summed E-state index contributed by atoms with van der Waals surface area (Å²) in [6, 6.07) is 7.13. The highest BCUT2D eigenvalue weighted by molar-refractivity contribution is 5.88. The summed E-state index contributed by atoms with van der Waals surface area (Å²) in [7, 11) is 0. The molecule has 0 aliphatic carbocycles. The van der Waals surface area contributed by atoms with Gasteiger partial charge in [0.2, 0.25) is 0 Å². The van der Waals surface area contributed by atoms with Crippen molar-refractivity contribution in [1.29, 1.82) is 0 Å². The first-order valence-electron chi connectivity index (χ1n) is 7.59. The summed E-state index contributed by atoms with van der Waals surface area (Å²) in [4.78, 5) is 18.2. The van der Waals surface area contributed by atoms with Gasteiger partial charge in [-0.2, -0.15) is 5.10 Å². The van der Waals surface area contributed by atoms with Crippen molar-refractivity contribution in [2.75, 3.05) is 18.4 Å². The summed E-state index contributed by atoms with van der Waals surface area (Å²) >= 11 is 0. The van der Waals surface area contributed by atoms with Gasteiger partial charge in [-0.05, 0) is 32.9 Å². The molecule has 0 aliphatic rings. The van der Waals surface area contributed by atoms with E-state index in [1.165, 1.54) is 0 Å². The second-order valence-corrected chi connectivity index (χ2v) is 5.95. The summed E-state index contributed by atoms with van der Waals surface area (Å²) in [6.45, 7) is 6.45. The minimum Gasteiger partial charge on any atom is -0.389 e. The minimum absolute atomic E-state index is 0.254. The number of carbonyl (C=O) groups is 1. The van der Waals surface area contributed by atoms with E-state index in [1.807, 2.05) is 25.1 Å². The molecular formula is C16H23N5O2. The van der Waals surface area contributed by atoms with E-state index >= 15 is 0 Å². The van der Waals surface area contributed by atoms with Crippen LogP contribution in [0.2, 0.25) is 0 Å². The molecule has 2 aromatic heterocycles. The van der Waals surface area contributed by atoms with Gasteiger partial charge in [0, 0.05) is 18.8 Å². The Balaban J connectivity index is 2.05. The van der Waals surface area contributed by atoms with Gasteiger partial charge in [0.05, 0.1) is 30.6 Å². The van der Waals surface area contributed by atoms with Crippen LogP contribution in [0.4, 0.5) is 10.6 Å². The molecule has 2 amide bonds. The number of rotatable bonds is 6. The molecule has 2 heterocycles. The highest BCUT2D eigenvalue weighted by atomic mass is 16.3.